The van der Waals surface area contributed by atoms with E-state index in [9.17, 15) is 4.79 Å². The molecule has 0 aliphatic rings. The van der Waals surface area contributed by atoms with Crippen molar-refractivity contribution < 1.29 is 19.0 Å². The topological polar surface area (TPSA) is 69.2 Å². The molecule has 50 heavy (non-hydrogen) atoms. The van der Waals surface area contributed by atoms with Crippen LogP contribution in [0.2, 0.25) is 0 Å². The normalized spacial score (nSPS) is 11.2. The number of nitrogens with zero attached hydrogens (tertiary/aromatic N) is 1. The van der Waals surface area contributed by atoms with Gasteiger partial charge in [0, 0.05) is 5.56 Å². The second kappa shape index (κ2) is 27.0. The molecule has 0 atom stereocenters. The standard InChI is InChI=1S/C44H64N2O4/c1-3-5-7-9-11-13-14-15-17-19-21-34-48-41-28-22-38(23-29-41)36-45-46-44(47)40-26-32-43(33-27-40)50-37-39-24-30-42(31-25-39)49-35-20-18-16-12-10-8-6-4-2/h22-33,36H,3-21,34-35,37H2,1-2H3,(H,46,47)/b45-36+. The molecule has 0 bridgehead atoms. The van der Waals surface area contributed by atoms with Gasteiger partial charge >= 0.3 is 0 Å². The molecule has 3 rings (SSSR count). The zero-order valence-corrected chi connectivity index (χ0v) is 31.1. The fourth-order valence-electron chi connectivity index (χ4n) is 5.81. The second-order valence-corrected chi connectivity index (χ2v) is 13.4. The zero-order chi connectivity index (χ0) is 35.3. The molecule has 6 nitrogen and oxygen atoms in total. The molecule has 0 saturated carbocycles. The minimum absolute atomic E-state index is 0.276. The smallest absolute Gasteiger partial charge is 0.271 e. The van der Waals surface area contributed by atoms with Crippen LogP contribution < -0.4 is 19.6 Å². The molecule has 0 aliphatic carbocycles. The number of benzene rings is 3. The van der Waals surface area contributed by atoms with Crippen LogP contribution >= 0.6 is 0 Å². The van der Waals surface area contributed by atoms with Gasteiger partial charge in [0.05, 0.1) is 19.4 Å². The van der Waals surface area contributed by atoms with Crippen molar-refractivity contribution in [1.29, 1.82) is 0 Å². The molecule has 0 aliphatic heterocycles. The van der Waals surface area contributed by atoms with Gasteiger partial charge in [-0.3, -0.25) is 4.79 Å². The van der Waals surface area contributed by atoms with Crippen molar-refractivity contribution in [2.45, 2.75) is 142 Å². The van der Waals surface area contributed by atoms with Crippen molar-refractivity contribution in [1.82, 2.24) is 5.43 Å². The van der Waals surface area contributed by atoms with Gasteiger partial charge in [0.1, 0.15) is 23.9 Å². The SMILES string of the molecule is CCCCCCCCCCCCCOc1ccc(/C=N/NC(=O)c2ccc(OCc3ccc(OCCCCCCCCCC)cc3)cc2)cc1. The van der Waals surface area contributed by atoms with E-state index < -0.39 is 0 Å². The van der Waals surface area contributed by atoms with Gasteiger partial charge < -0.3 is 14.2 Å². The van der Waals surface area contributed by atoms with Gasteiger partial charge in [-0.15, -0.1) is 0 Å². The van der Waals surface area contributed by atoms with Crippen LogP contribution in [0.4, 0.5) is 0 Å². The lowest BCUT2D eigenvalue weighted by molar-refractivity contribution is 0.0955. The predicted octanol–water partition coefficient (Wildman–Crippen LogP) is 12.2. The third kappa shape index (κ3) is 18.8. The molecule has 6 heteroatoms. The lowest BCUT2D eigenvalue weighted by atomic mass is 10.1. The molecule has 0 fully saturated rings. The number of hydrogen-bond donors (Lipinski definition) is 1. The Balaban J connectivity index is 1.23. The van der Waals surface area contributed by atoms with Gasteiger partial charge in [-0.1, -0.05) is 135 Å². The second-order valence-electron chi connectivity index (χ2n) is 13.4. The largest absolute Gasteiger partial charge is 0.494 e. The first-order valence-electron chi connectivity index (χ1n) is 19.7. The van der Waals surface area contributed by atoms with Gasteiger partial charge in [0.15, 0.2) is 0 Å². The Labute approximate surface area is 303 Å². The van der Waals surface area contributed by atoms with E-state index in [1.165, 1.54) is 109 Å². The van der Waals surface area contributed by atoms with E-state index in [-0.39, 0.29) is 5.91 Å². The predicted molar refractivity (Wildman–Crippen MR) is 209 cm³/mol. The Hall–Kier alpha value is -3.80. The van der Waals surface area contributed by atoms with Crippen LogP contribution in [0.15, 0.2) is 77.9 Å². The highest BCUT2D eigenvalue weighted by Gasteiger charge is 2.05. The summed E-state index contributed by atoms with van der Waals surface area (Å²) in [5.74, 6) is 2.18. The maximum atomic E-state index is 12.6. The zero-order valence-electron chi connectivity index (χ0n) is 31.1. The van der Waals surface area contributed by atoms with Gasteiger partial charge in [0.25, 0.3) is 5.91 Å². The molecule has 3 aromatic carbocycles. The highest BCUT2D eigenvalue weighted by Crippen LogP contribution is 2.18. The average Bonchev–Trinajstić information content (AvgIpc) is 3.15. The third-order valence-corrected chi connectivity index (χ3v) is 8.99. The van der Waals surface area contributed by atoms with Crippen molar-refractivity contribution in [3.8, 4) is 17.2 Å². The lowest BCUT2D eigenvalue weighted by Crippen LogP contribution is -2.17. The average molecular weight is 685 g/mol. The molecule has 3 aromatic rings. The maximum absolute atomic E-state index is 12.6. The van der Waals surface area contributed by atoms with E-state index in [2.05, 4.69) is 24.4 Å². The first-order chi connectivity index (χ1) is 24.7. The van der Waals surface area contributed by atoms with Crippen LogP contribution in [0.5, 0.6) is 17.2 Å². The van der Waals surface area contributed by atoms with Crippen LogP contribution in [0.25, 0.3) is 0 Å². The summed E-state index contributed by atoms with van der Waals surface area (Å²) in [7, 11) is 0. The summed E-state index contributed by atoms with van der Waals surface area (Å²) in [4.78, 5) is 12.6. The summed E-state index contributed by atoms with van der Waals surface area (Å²) in [5.41, 5.74) is 5.06. The molecule has 0 radical (unpaired) electrons. The van der Waals surface area contributed by atoms with Gasteiger partial charge in [-0.05, 0) is 84.6 Å². The van der Waals surface area contributed by atoms with Gasteiger partial charge in [0.2, 0.25) is 0 Å². The quantitative estimate of drug-likeness (QED) is 0.0449. The lowest BCUT2D eigenvalue weighted by Gasteiger charge is -2.09. The van der Waals surface area contributed by atoms with Crippen molar-refractivity contribution in [3.05, 3.63) is 89.5 Å². The number of ether oxygens (including phenoxy) is 3. The summed E-state index contributed by atoms with van der Waals surface area (Å²) < 4.78 is 17.7. The number of nitrogens with one attached hydrogen (secondary N) is 1. The van der Waals surface area contributed by atoms with Crippen molar-refractivity contribution in [2.75, 3.05) is 13.2 Å². The molecule has 0 aromatic heterocycles. The molecule has 0 saturated heterocycles. The highest BCUT2D eigenvalue weighted by atomic mass is 16.5. The molecular weight excluding hydrogens is 620 g/mol. The molecule has 0 spiro atoms. The van der Waals surface area contributed by atoms with E-state index in [4.69, 9.17) is 14.2 Å². The molecule has 1 amide bonds. The number of hydrazone groups is 1. The summed E-state index contributed by atoms with van der Waals surface area (Å²) >= 11 is 0. The molecule has 0 unspecified atom stereocenters. The third-order valence-electron chi connectivity index (χ3n) is 8.99. The van der Waals surface area contributed by atoms with Crippen LogP contribution in [0, 0.1) is 0 Å². The summed E-state index contributed by atoms with van der Waals surface area (Å²) in [6.07, 6.45) is 26.6. The Kier molecular flexibility index (Phi) is 21.9. The first-order valence-corrected chi connectivity index (χ1v) is 19.7. The van der Waals surface area contributed by atoms with Crippen LogP contribution in [-0.2, 0) is 6.61 Å². The van der Waals surface area contributed by atoms with Crippen molar-refractivity contribution in [3.63, 3.8) is 0 Å². The fourth-order valence-corrected chi connectivity index (χ4v) is 5.81. The van der Waals surface area contributed by atoms with Gasteiger partial charge in [-0.2, -0.15) is 5.10 Å². The van der Waals surface area contributed by atoms with E-state index in [1.54, 1.807) is 30.5 Å². The monoisotopic (exact) mass is 684 g/mol. The Morgan fingerprint density at radius 1 is 0.520 bits per heavy atom. The Morgan fingerprint density at radius 2 is 0.920 bits per heavy atom. The summed E-state index contributed by atoms with van der Waals surface area (Å²) in [6.45, 7) is 6.47. The van der Waals surface area contributed by atoms with Crippen LogP contribution in [0.3, 0.4) is 0 Å². The van der Waals surface area contributed by atoms with Crippen LogP contribution in [0.1, 0.15) is 157 Å². The number of unbranched alkanes of at least 4 members (excludes halogenated alkanes) is 17. The number of amides is 1. The molecular formula is C44H64N2O4. The Bertz CT molecular complexity index is 1290. The van der Waals surface area contributed by atoms with E-state index in [0.717, 1.165) is 48.7 Å². The minimum Gasteiger partial charge on any atom is -0.494 e. The van der Waals surface area contributed by atoms with Gasteiger partial charge in [-0.25, -0.2) is 5.43 Å². The summed E-state index contributed by atoms with van der Waals surface area (Å²) in [5, 5.41) is 4.13. The Morgan fingerprint density at radius 3 is 1.40 bits per heavy atom. The fraction of sp³-hybridized carbons (Fsp3) is 0.545. The number of hydrogen-bond acceptors (Lipinski definition) is 5. The highest BCUT2D eigenvalue weighted by molar-refractivity contribution is 5.95. The van der Waals surface area contributed by atoms with Crippen LogP contribution in [-0.4, -0.2) is 25.3 Å². The number of rotatable bonds is 29. The van der Waals surface area contributed by atoms with Crippen molar-refractivity contribution in [2.24, 2.45) is 5.10 Å². The minimum atomic E-state index is -0.276. The van der Waals surface area contributed by atoms with E-state index >= 15 is 0 Å². The van der Waals surface area contributed by atoms with E-state index in [0.29, 0.717) is 17.9 Å². The summed E-state index contributed by atoms with van der Waals surface area (Å²) in [6, 6.07) is 22.9. The molecule has 1 N–H and O–H groups in total. The number of carbonyl (C=O) groups excluding carboxylic acids is 1. The molecule has 0 heterocycles. The number of carbonyl (C=O) groups is 1. The molecule has 274 valence electrons. The maximum Gasteiger partial charge on any atom is 0.271 e. The van der Waals surface area contributed by atoms with E-state index in [1.807, 2.05) is 48.5 Å². The first kappa shape index (κ1) is 40.6. The van der Waals surface area contributed by atoms with Crippen molar-refractivity contribution >= 4 is 12.1 Å².